The predicted octanol–water partition coefficient (Wildman–Crippen LogP) is 2.22. The number of hydrogen-bond acceptors (Lipinski definition) is 3. The molecule has 0 spiro atoms. The molecule has 2 rings (SSSR count). The van der Waals surface area contributed by atoms with Crippen LogP contribution in [0.5, 0.6) is 0 Å². The van der Waals surface area contributed by atoms with Crippen molar-refractivity contribution in [3.05, 3.63) is 30.1 Å². The molecule has 2 heterocycles. The van der Waals surface area contributed by atoms with Crippen LogP contribution in [0, 0.1) is 0 Å². The third-order valence-corrected chi connectivity index (χ3v) is 3.92. The van der Waals surface area contributed by atoms with E-state index in [-0.39, 0.29) is 0 Å². The van der Waals surface area contributed by atoms with E-state index in [1.165, 1.54) is 31.4 Å². The molecular formula is C14H23N3. The summed E-state index contributed by atoms with van der Waals surface area (Å²) in [5, 5.41) is 3.47. The van der Waals surface area contributed by atoms with Crippen molar-refractivity contribution in [1.29, 1.82) is 0 Å². The number of aromatic nitrogens is 1. The first-order valence-corrected chi connectivity index (χ1v) is 6.61. The highest BCUT2D eigenvalue weighted by Gasteiger charge is 2.21. The molecule has 0 amide bonds. The van der Waals surface area contributed by atoms with Gasteiger partial charge in [0.15, 0.2) is 0 Å². The maximum atomic E-state index is 4.09. The van der Waals surface area contributed by atoms with Crippen LogP contribution in [-0.2, 0) is 0 Å². The van der Waals surface area contributed by atoms with Crippen molar-refractivity contribution in [2.75, 3.05) is 20.1 Å². The summed E-state index contributed by atoms with van der Waals surface area (Å²) in [5.74, 6) is 0. The summed E-state index contributed by atoms with van der Waals surface area (Å²) in [6, 6.07) is 5.42. The van der Waals surface area contributed by atoms with E-state index in [1.54, 1.807) is 0 Å². The van der Waals surface area contributed by atoms with Crippen molar-refractivity contribution in [1.82, 2.24) is 15.2 Å². The normalized spacial score (nSPS) is 23.4. The quantitative estimate of drug-likeness (QED) is 0.867. The molecule has 1 aliphatic heterocycles. The van der Waals surface area contributed by atoms with Crippen LogP contribution < -0.4 is 5.32 Å². The van der Waals surface area contributed by atoms with Crippen molar-refractivity contribution in [3.63, 3.8) is 0 Å². The average Bonchev–Trinajstić information content (AvgIpc) is 2.67. The molecule has 3 heteroatoms. The Labute approximate surface area is 104 Å². The second-order valence-electron chi connectivity index (χ2n) is 4.96. The molecule has 1 saturated heterocycles. The Morgan fingerprint density at radius 3 is 2.82 bits per heavy atom. The van der Waals surface area contributed by atoms with Crippen LogP contribution in [-0.4, -0.2) is 36.1 Å². The van der Waals surface area contributed by atoms with Crippen LogP contribution in [0.3, 0.4) is 0 Å². The Kier molecular flexibility index (Phi) is 4.51. The zero-order chi connectivity index (χ0) is 12.1. The summed E-state index contributed by atoms with van der Waals surface area (Å²) in [5.41, 5.74) is 1.36. The molecule has 2 atom stereocenters. The number of rotatable bonds is 3. The van der Waals surface area contributed by atoms with Gasteiger partial charge in [-0.1, -0.05) is 0 Å². The lowest BCUT2D eigenvalue weighted by Gasteiger charge is -2.32. The first-order valence-electron chi connectivity index (χ1n) is 6.61. The van der Waals surface area contributed by atoms with Crippen molar-refractivity contribution in [2.24, 2.45) is 0 Å². The lowest BCUT2D eigenvalue weighted by atomic mass is 10.0. The van der Waals surface area contributed by atoms with Crippen molar-refractivity contribution >= 4 is 0 Å². The first kappa shape index (κ1) is 12.5. The SMILES string of the molecule is CC(c1ccncc1)N(C)C1CCCNCC1. The lowest BCUT2D eigenvalue weighted by Crippen LogP contribution is -2.34. The summed E-state index contributed by atoms with van der Waals surface area (Å²) in [6.45, 7) is 4.61. The van der Waals surface area contributed by atoms with Gasteiger partial charge in [-0.05, 0) is 64.0 Å². The maximum absolute atomic E-state index is 4.09. The Balaban J connectivity index is 2.00. The van der Waals surface area contributed by atoms with Gasteiger partial charge in [-0.25, -0.2) is 0 Å². The number of nitrogens with one attached hydrogen (secondary N) is 1. The fraction of sp³-hybridized carbons (Fsp3) is 0.643. The molecule has 0 bridgehead atoms. The highest BCUT2D eigenvalue weighted by Crippen LogP contribution is 2.23. The van der Waals surface area contributed by atoms with Crippen LogP contribution in [0.25, 0.3) is 0 Å². The largest absolute Gasteiger partial charge is 0.317 e. The number of pyridine rings is 1. The van der Waals surface area contributed by atoms with Crippen molar-refractivity contribution in [2.45, 2.75) is 38.3 Å². The van der Waals surface area contributed by atoms with Gasteiger partial charge in [0, 0.05) is 24.5 Å². The molecule has 0 radical (unpaired) electrons. The minimum absolute atomic E-state index is 0.473. The fourth-order valence-electron chi connectivity index (χ4n) is 2.60. The predicted molar refractivity (Wildman–Crippen MR) is 70.9 cm³/mol. The molecule has 17 heavy (non-hydrogen) atoms. The number of hydrogen-bond donors (Lipinski definition) is 1. The second-order valence-corrected chi connectivity index (χ2v) is 4.96. The molecule has 94 valence electrons. The van der Waals surface area contributed by atoms with Crippen LogP contribution in [0.1, 0.15) is 37.8 Å². The molecular weight excluding hydrogens is 210 g/mol. The van der Waals surface area contributed by atoms with Gasteiger partial charge in [0.1, 0.15) is 0 Å². The smallest absolute Gasteiger partial charge is 0.0320 e. The topological polar surface area (TPSA) is 28.2 Å². The molecule has 1 aliphatic rings. The average molecular weight is 233 g/mol. The lowest BCUT2D eigenvalue weighted by molar-refractivity contribution is 0.171. The summed E-state index contributed by atoms with van der Waals surface area (Å²) >= 11 is 0. The highest BCUT2D eigenvalue weighted by molar-refractivity contribution is 5.14. The van der Waals surface area contributed by atoms with Crippen LogP contribution in [0.4, 0.5) is 0 Å². The van der Waals surface area contributed by atoms with Gasteiger partial charge in [0.25, 0.3) is 0 Å². The van der Waals surface area contributed by atoms with Crippen molar-refractivity contribution in [3.8, 4) is 0 Å². The van der Waals surface area contributed by atoms with Gasteiger partial charge in [0.2, 0.25) is 0 Å². The van der Waals surface area contributed by atoms with Crippen LogP contribution in [0.2, 0.25) is 0 Å². The molecule has 0 aromatic carbocycles. The van der Waals surface area contributed by atoms with Gasteiger partial charge in [-0.3, -0.25) is 9.88 Å². The summed E-state index contributed by atoms with van der Waals surface area (Å²) in [4.78, 5) is 6.60. The molecule has 1 aromatic heterocycles. The zero-order valence-electron chi connectivity index (χ0n) is 10.9. The summed E-state index contributed by atoms with van der Waals surface area (Å²) in [6.07, 6.45) is 7.62. The van der Waals surface area contributed by atoms with Crippen molar-refractivity contribution < 1.29 is 0 Å². The minimum atomic E-state index is 0.473. The number of nitrogens with zero attached hydrogens (tertiary/aromatic N) is 2. The molecule has 2 unspecified atom stereocenters. The van der Waals surface area contributed by atoms with E-state index in [0.29, 0.717) is 12.1 Å². The molecule has 1 N–H and O–H groups in total. The zero-order valence-corrected chi connectivity index (χ0v) is 10.9. The fourth-order valence-corrected chi connectivity index (χ4v) is 2.60. The first-order chi connectivity index (χ1) is 8.29. The molecule has 1 fully saturated rings. The molecule has 0 saturated carbocycles. The molecule has 1 aromatic rings. The van der Waals surface area contributed by atoms with E-state index in [0.717, 1.165) is 6.54 Å². The third-order valence-electron chi connectivity index (χ3n) is 3.92. The second kappa shape index (κ2) is 6.12. The van der Waals surface area contributed by atoms with E-state index in [4.69, 9.17) is 0 Å². The van der Waals surface area contributed by atoms with E-state index >= 15 is 0 Å². The third kappa shape index (κ3) is 3.27. The Hall–Kier alpha value is -0.930. The Morgan fingerprint density at radius 1 is 1.29 bits per heavy atom. The van der Waals surface area contributed by atoms with Crippen LogP contribution >= 0.6 is 0 Å². The van der Waals surface area contributed by atoms with E-state index in [1.807, 2.05) is 12.4 Å². The molecule has 0 aliphatic carbocycles. The van der Waals surface area contributed by atoms with E-state index in [2.05, 4.69) is 41.3 Å². The van der Waals surface area contributed by atoms with Crippen LogP contribution in [0.15, 0.2) is 24.5 Å². The monoisotopic (exact) mass is 233 g/mol. The van der Waals surface area contributed by atoms with E-state index < -0.39 is 0 Å². The van der Waals surface area contributed by atoms with Gasteiger partial charge in [0.05, 0.1) is 0 Å². The highest BCUT2D eigenvalue weighted by atomic mass is 15.2. The van der Waals surface area contributed by atoms with Gasteiger partial charge in [-0.15, -0.1) is 0 Å². The van der Waals surface area contributed by atoms with Gasteiger partial charge < -0.3 is 5.32 Å². The minimum Gasteiger partial charge on any atom is -0.317 e. The van der Waals surface area contributed by atoms with Gasteiger partial charge >= 0.3 is 0 Å². The summed E-state index contributed by atoms with van der Waals surface area (Å²) < 4.78 is 0. The van der Waals surface area contributed by atoms with E-state index in [9.17, 15) is 0 Å². The molecule has 3 nitrogen and oxygen atoms in total. The summed E-state index contributed by atoms with van der Waals surface area (Å²) in [7, 11) is 2.25. The maximum Gasteiger partial charge on any atom is 0.0320 e. The Morgan fingerprint density at radius 2 is 2.06 bits per heavy atom. The standard InChI is InChI=1S/C14H23N3/c1-12(13-5-9-16-10-6-13)17(2)14-4-3-8-15-11-7-14/h5-6,9-10,12,14-15H,3-4,7-8,11H2,1-2H3. The Bertz CT molecular complexity index is 317. The van der Waals surface area contributed by atoms with Gasteiger partial charge in [-0.2, -0.15) is 0 Å².